The van der Waals surface area contributed by atoms with Crippen molar-refractivity contribution < 1.29 is 5.11 Å². The number of rotatable bonds is 2. The largest absolute Gasteiger partial charge is 0.391 e. The maximum atomic E-state index is 10.4. The molecule has 0 saturated heterocycles. The number of hydrogen-bond acceptors (Lipinski definition) is 2. The lowest BCUT2D eigenvalue weighted by Crippen LogP contribution is -2.31. The first-order valence-electron chi connectivity index (χ1n) is 7.32. The van der Waals surface area contributed by atoms with Gasteiger partial charge in [-0.1, -0.05) is 25.5 Å². The van der Waals surface area contributed by atoms with Crippen LogP contribution < -0.4 is 0 Å². The number of hydrogen-bond donors (Lipinski definition) is 1. The van der Waals surface area contributed by atoms with Crippen molar-refractivity contribution in [1.82, 2.24) is 9.55 Å². The maximum Gasteiger partial charge on any atom is 0.107 e. The van der Waals surface area contributed by atoms with Gasteiger partial charge in [-0.05, 0) is 44.2 Å². The first-order valence-corrected chi connectivity index (χ1v) is 7.32. The van der Waals surface area contributed by atoms with Gasteiger partial charge in [-0.15, -0.1) is 0 Å². The van der Waals surface area contributed by atoms with Crippen LogP contribution in [0, 0.1) is 12.8 Å². The summed E-state index contributed by atoms with van der Waals surface area (Å²) in [5.41, 5.74) is 2.19. The van der Waals surface area contributed by atoms with Crippen molar-refractivity contribution in [3.63, 3.8) is 0 Å². The van der Waals surface area contributed by atoms with Gasteiger partial charge in [-0.2, -0.15) is 0 Å². The zero-order valence-electron chi connectivity index (χ0n) is 11.7. The molecule has 3 heteroatoms. The van der Waals surface area contributed by atoms with Gasteiger partial charge in [-0.3, -0.25) is 0 Å². The normalized spacial score (nSPS) is 27.8. The number of imidazole rings is 1. The highest BCUT2D eigenvalue weighted by Crippen LogP contribution is 2.36. The van der Waals surface area contributed by atoms with E-state index < -0.39 is 0 Å². The standard InChI is InChI=1S/C16H22N2O/c1-3-12-8-9-16(19)15(10-12)18-11(2)17-13-6-4-5-7-14(13)18/h4-7,12,15-16,19H,3,8-10H2,1-2H3. The van der Waals surface area contributed by atoms with E-state index in [0.29, 0.717) is 0 Å². The van der Waals surface area contributed by atoms with Crippen LogP contribution >= 0.6 is 0 Å². The SMILES string of the molecule is CCC1CCC(O)C(n2c(C)nc3ccccc32)C1. The Hall–Kier alpha value is -1.35. The molecule has 1 N–H and O–H groups in total. The third kappa shape index (κ3) is 2.16. The Labute approximate surface area is 114 Å². The molecule has 1 aromatic heterocycles. The Morgan fingerprint density at radius 1 is 1.32 bits per heavy atom. The predicted octanol–water partition coefficient (Wildman–Crippen LogP) is 3.46. The molecule has 1 aliphatic carbocycles. The Morgan fingerprint density at radius 2 is 2.11 bits per heavy atom. The molecule has 0 amide bonds. The molecular weight excluding hydrogens is 236 g/mol. The summed E-state index contributed by atoms with van der Waals surface area (Å²) in [4.78, 5) is 4.63. The molecule has 1 heterocycles. The minimum absolute atomic E-state index is 0.186. The second-order valence-electron chi connectivity index (χ2n) is 5.74. The van der Waals surface area contributed by atoms with E-state index in [1.54, 1.807) is 0 Å². The van der Waals surface area contributed by atoms with Crippen molar-refractivity contribution in [2.24, 2.45) is 5.92 Å². The summed E-state index contributed by atoms with van der Waals surface area (Å²) in [6.07, 6.45) is 4.10. The van der Waals surface area contributed by atoms with E-state index in [4.69, 9.17) is 0 Å². The van der Waals surface area contributed by atoms with Gasteiger partial charge in [0.2, 0.25) is 0 Å². The molecule has 2 aromatic rings. The molecule has 0 radical (unpaired) electrons. The fraction of sp³-hybridized carbons (Fsp3) is 0.562. The van der Waals surface area contributed by atoms with Crippen LogP contribution in [0.4, 0.5) is 0 Å². The zero-order chi connectivity index (χ0) is 13.4. The lowest BCUT2D eigenvalue weighted by molar-refractivity contribution is 0.0542. The molecule has 1 fully saturated rings. The summed E-state index contributed by atoms with van der Waals surface area (Å²) in [5.74, 6) is 1.75. The molecule has 3 rings (SSSR count). The van der Waals surface area contributed by atoms with Crippen LogP contribution in [0.2, 0.25) is 0 Å². The number of benzene rings is 1. The monoisotopic (exact) mass is 258 g/mol. The van der Waals surface area contributed by atoms with E-state index >= 15 is 0 Å². The molecule has 0 aliphatic heterocycles. The van der Waals surface area contributed by atoms with Crippen molar-refractivity contribution in [3.8, 4) is 0 Å². The summed E-state index contributed by atoms with van der Waals surface area (Å²) in [7, 11) is 0. The maximum absolute atomic E-state index is 10.4. The molecule has 3 unspecified atom stereocenters. The van der Waals surface area contributed by atoms with Crippen LogP contribution in [0.15, 0.2) is 24.3 Å². The minimum Gasteiger partial charge on any atom is -0.391 e. The zero-order valence-corrected chi connectivity index (χ0v) is 11.7. The molecule has 3 nitrogen and oxygen atoms in total. The van der Waals surface area contributed by atoms with E-state index in [1.807, 2.05) is 25.1 Å². The molecule has 0 spiro atoms. The fourth-order valence-electron chi connectivity index (χ4n) is 3.45. The number of aliphatic hydroxyl groups excluding tert-OH is 1. The van der Waals surface area contributed by atoms with Gasteiger partial charge in [0.05, 0.1) is 23.2 Å². The van der Waals surface area contributed by atoms with Crippen LogP contribution in [0.5, 0.6) is 0 Å². The summed E-state index contributed by atoms with van der Waals surface area (Å²) >= 11 is 0. The van der Waals surface area contributed by atoms with Crippen LogP contribution in [0.25, 0.3) is 11.0 Å². The van der Waals surface area contributed by atoms with Crippen molar-refractivity contribution in [2.45, 2.75) is 51.7 Å². The van der Waals surface area contributed by atoms with Gasteiger partial charge in [0.1, 0.15) is 5.82 Å². The second kappa shape index (κ2) is 4.97. The number of nitrogens with zero attached hydrogens (tertiary/aromatic N) is 2. The third-order valence-electron chi connectivity index (χ3n) is 4.57. The Kier molecular flexibility index (Phi) is 3.31. The lowest BCUT2D eigenvalue weighted by atomic mass is 9.82. The predicted molar refractivity (Wildman–Crippen MR) is 77.1 cm³/mol. The highest BCUT2D eigenvalue weighted by atomic mass is 16.3. The average Bonchev–Trinajstić information content (AvgIpc) is 2.75. The van der Waals surface area contributed by atoms with Gasteiger partial charge in [-0.25, -0.2) is 4.98 Å². The highest BCUT2D eigenvalue weighted by Gasteiger charge is 2.31. The lowest BCUT2D eigenvalue weighted by Gasteiger charge is -2.34. The van der Waals surface area contributed by atoms with Crippen molar-refractivity contribution >= 4 is 11.0 Å². The van der Waals surface area contributed by atoms with E-state index in [9.17, 15) is 5.11 Å². The number of aliphatic hydroxyl groups is 1. The molecule has 102 valence electrons. The molecular formula is C16H22N2O. The smallest absolute Gasteiger partial charge is 0.107 e. The van der Waals surface area contributed by atoms with Crippen molar-refractivity contribution in [3.05, 3.63) is 30.1 Å². The second-order valence-corrected chi connectivity index (χ2v) is 5.74. The number of para-hydroxylation sites is 2. The molecule has 1 aliphatic rings. The van der Waals surface area contributed by atoms with Gasteiger partial charge in [0.15, 0.2) is 0 Å². The van der Waals surface area contributed by atoms with Gasteiger partial charge in [0.25, 0.3) is 0 Å². The number of fused-ring (bicyclic) bond motifs is 1. The fourth-order valence-corrected chi connectivity index (χ4v) is 3.45. The first-order chi connectivity index (χ1) is 9.20. The van der Waals surface area contributed by atoms with E-state index in [2.05, 4.69) is 22.5 Å². The average molecular weight is 258 g/mol. The third-order valence-corrected chi connectivity index (χ3v) is 4.57. The molecule has 0 bridgehead atoms. The number of aromatic nitrogens is 2. The summed E-state index contributed by atoms with van der Waals surface area (Å²) in [6.45, 7) is 4.29. The van der Waals surface area contributed by atoms with Crippen molar-refractivity contribution in [1.29, 1.82) is 0 Å². The van der Waals surface area contributed by atoms with Crippen LogP contribution in [0.3, 0.4) is 0 Å². The van der Waals surface area contributed by atoms with Crippen LogP contribution in [-0.4, -0.2) is 20.8 Å². The van der Waals surface area contributed by atoms with Crippen LogP contribution in [0.1, 0.15) is 44.5 Å². The van der Waals surface area contributed by atoms with Gasteiger partial charge < -0.3 is 9.67 Å². The Bertz CT molecular complexity index is 575. The first kappa shape index (κ1) is 12.7. The quantitative estimate of drug-likeness (QED) is 0.896. The Morgan fingerprint density at radius 3 is 2.89 bits per heavy atom. The van der Waals surface area contributed by atoms with Crippen molar-refractivity contribution in [2.75, 3.05) is 0 Å². The van der Waals surface area contributed by atoms with E-state index in [0.717, 1.165) is 42.0 Å². The van der Waals surface area contributed by atoms with E-state index in [-0.39, 0.29) is 12.1 Å². The van der Waals surface area contributed by atoms with Crippen LogP contribution in [-0.2, 0) is 0 Å². The number of aryl methyl sites for hydroxylation is 1. The van der Waals surface area contributed by atoms with E-state index in [1.165, 1.54) is 6.42 Å². The van der Waals surface area contributed by atoms with Gasteiger partial charge in [0, 0.05) is 0 Å². The topological polar surface area (TPSA) is 38.0 Å². The molecule has 1 saturated carbocycles. The minimum atomic E-state index is -0.237. The summed E-state index contributed by atoms with van der Waals surface area (Å²) in [5, 5.41) is 10.4. The molecule has 1 aromatic carbocycles. The summed E-state index contributed by atoms with van der Waals surface area (Å²) in [6, 6.07) is 8.41. The molecule has 3 atom stereocenters. The molecule has 19 heavy (non-hydrogen) atoms. The summed E-state index contributed by atoms with van der Waals surface area (Å²) < 4.78 is 2.25. The highest BCUT2D eigenvalue weighted by molar-refractivity contribution is 5.76. The van der Waals surface area contributed by atoms with Gasteiger partial charge >= 0.3 is 0 Å². The Balaban J connectivity index is 2.04.